The van der Waals surface area contributed by atoms with Crippen LogP contribution in [-0.4, -0.2) is 6.21 Å². The first-order valence-corrected chi connectivity index (χ1v) is 5.81. The smallest absolute Gasteiger partial charge is 0.0541 e. The zero-order valence-corrected chi connectivity index (χ0v) is 8.52. The van der Waals surface area contributed by atoms with E-state index in [0.717, 1.165) is 0 Å². The third kappa shape index (κ3) is 2.47. The van der Waals surface area contributed by atoms with Crippen LogP contribution in [0.1, 0.15) is 32.1 Å². The summed E-state index contributed by atoms with van der Waals surface area (Å²) in [6, 6.07) is 0. The summed E-state index contributed by atoms with van der Waals surface area (Å²) in [6.45, 7) is 0. The van der Waals surface area contributed by atoms with Gasteiger partial charge in [0.25, 0.3) is 0 Å². The molecule has 2 aliphatic rings. The second-order valence-corrected chi connectivity index (χ2v) is 4.19. The standard InChI is InChI=1S/C11H14NS/c1-2-5-10(6-3-1)11-9-13-8-4-7-12-11/h4,7-9H,1-3,5-6H2. The van der Waals surface area contributed by atoms with Crippen LogP contribution in [0.5, 0.6) is 0 Å². The Kier molecular flexibility index (Phi) is 3.25. The van der Waals surface area contributed by atoms with E-state index in [1.807, 2.05) is 12.3 Å². The Balaban J connectivity index is 2.02. The highest BCUT2D eigenvalue weighted by Gasteiger charge is 2.17. The first-order chi connectivity index (χ1) is 6.47. The molecular formula is C11H14NS. The number of hydrogen-bond acceptors (Lipinski definition) is 2. The van der Waals surface area contributed by atoms with Crippen LogP contribution >= 0.6 is 11.8 Å². The summed E-state index contributed by atoms with van der Waals surface area (Å²) in [5, 5.41) is 4.24. The van der Waals surface area contributed by atoms with E-state index < -0.39 is 0 Å². The Hall–Kier alpha value is -0.500. The maximum atomic E-state index is 4.44. The molecule has 0 atom stereocenters. The molecule has 1 fully saturated rings. The predicted octanol–water partition coefficient (Wildman–Crippen LogP) is 3.70. The van der Waals surface area contributed by atoms with Gasteiger partial charge in [0.2, 0.25) is 0 Å². The Morgan fingerprint density at radius 2 is 2.00 bits per heavy atom. The lowest BCUT2D eigenvalue weighted by molar-refractivity contribution is 0.546. The van der Waals surface area contributed by atoms with Gasteiger partial charge < -0.3 is 0 Å². The van der Waals surface area contributed by atoms with E-state index in [4.69, 9.17) is 0 Å². The summed E-state index contributed by atoms with van der Waals surface area (Å²) in [4.78, 5) is 4.44. The molecule has 1 aliphatic carbocycles. The Labute approximate surface area is 84.0 Å². The minimum atomic E-state index is 1.22. The molecule has 1 heterocycles. The molecule has 1 saturated carbocycles. The molecule has 0 spiro atoms. The Morgan fingerprint density at radius 3 is 2.85 bits per heavy atom. The molecule has 0 saturated heterocycles. The Bertz CT molecular complexity index is 247. The molecule has 1 radical (unpaired) electrons. The van der Waals surface area contributed by atoms with Gasteiger partial charge in [-0.05, 0) is 29.7 Å². The van der Waals surface area contributed by atoms with Crippen molar-refractivity contribution in [2.45, 2.75) is 32.1 Å². The predicted molar refractivity (Wildman–Crippen MR) is 59.6 cm³/mol. The van der Waals surface area contributed by atoms with Gasteiger partial charge >= 0.3 is 0 Å². The van der Waals surface area contributed by atoms with Crippen molar-refractivity contribution in [2.75, 3.05) is 0 Å². The van der Waals surface area contributed by atoms with Crippen molar-refractivity contribution in [1.82, 2.24) is 0 Å². The summed E-state index contributed by atoms with van der Waals surface area (Å²) in [7, 11) is 0. The number of rotatable bonds is 1. The summed E-state index contributed by atoms with van der Waals surface area (Å²) >= 11 is 1.73. The van der Waals surface area contributed by atoms with Gasteiger partial charge in [-0.25, -0.2) is 0 Å². The van der Waals surface area contributed by atoms with Crippen molar-refractivity contribution in [3.05, 3.63) is 28.5 Å². The zero-order valence-electron chi connectivity index (χ0n) is 7.70. The zero-order chi connectivity index (χ0) is 8.93. The number of aliphatic imine (C=N–C) groups is 1. The largest absolute Gasteiger partial charge is 0.260 e. The fourth-order valence-corrected chi connectivity index (χ4v) is 2.34. The van der Waals surface area contributed by atoms with Crippen LogP contribution in [-0.2, 0) is 0 Å². The van der Waals surface area contributed by atoms with Gasteiger partial charge in [0.15, 0.2) is 0 Å². The molecular weight excluding hydrogens is 178 g/mol. The van der Waals surface area contributed by atoms with Gasteiger partial charge in [-0.15, -0.1) is 11.8 Å². The Morgan fingerprint density at radius 1 is 1.15 bits per heavy atom. The average Bonchev–Trinajstić information content (AvgIpc) is 2.47. The molecule has 0 unspecified atom stereocenters. The lowest BCUT2D eigenvalue weighted by Crippen LogP contribution is -2.05. The first-order valence-electron chi connectivity index (χ1n) is 4.87. The molecule has 1 nitrogen and oxygen atoms in total. The molecule has 69 valence electrons. The second-order valence-electron chi connectivity index (χ2n) is 3.41. The van der Waals surface area contributed by atoms with E-state index in [9.17, 15) is 0 Å². The summed E-state index contributed by atoms with van der Waals surface area (Å²) in [6.07, 6.45) is 10.5. The van der Waals surface area contributed by atoms with Crippen LogP contribution in [0.3, 0.4) is 0 Å². The summed E-state index contributed by atoms with van der Waals surface area (Å²) in [5.74, 6) is 1.55. The van der Waals surface area contributed by atoms with Crippen LogP contribution in [0.2, 0.25) is 0 Å². The van der Waals surface area contributed by atoms with Crippen molar-refractivity contribution < 1.29 is 0 Å². The SMILES string of the molecule is C1=CSC=C([C]2CCCCC2)N=C1. The number of nitrogens with zero attached hydrogens (tertiary/aromatic N) is 1. The molecule has 0 aromatic heterocycles. The molecule has 1 aliphatic heterocycles. The molecule has 0 aromatic rings. The molecule has 0 aromatic carbocycles. The highest BCUT2D eigenvalue weighted by Crippen LogP contribution is 2.33. The van der Waals surface area contributed by atoms with E-state index in [-0.39, 0.29) is 0 Å². The van der Waals surface area contributed by atoms with E-state index in [1.165, 1.54) is 37.8 Å². The van der Waals surface area contributed by atoms with Gasteiger partial charge in [0, 0.05) is 12.1 Å². The van der Waals surface area contributed by atoms with E-state index in [1.54, 1.807) is 17.7 Å². The third-order valence-electron chi connectivity index (χ3n) is 2.46. The minimum Gasteiger partial charge on any atom is -0.260 e. The number of hydrogen-bond donors (Lipinski definition) is 0. The fourth-order valence-electron chi connectivity index (χ4n) is 1.75. The second kappa shape index (κ2) is 4.66. The maximum Gasteiger partial charge on any atom is 0.0541 e. The van der Waals surface area contributed by atoms with E-state index >= 15 is 0 Å². The van der Waals surface area contributed by atoms with Gasteiger partial charge in [-0.3, -0.25) is 4.99 Å². The molecule has 0 bridgehead atoms. The van der Waals surface area contributed by atoms with Crippen LogP contribution in [0.25, 0.3) is 0 Å². The highest BCUT2D eigenvalue weighted by molar-refractivity contribution is 8.04. The van der Waals surface area contributed by atoms with Gasteiger partial charge in [-0.1, -0.05) is 19.3 Å². The molecule has 0 amide bonds. The lowest BCUT2D eigenvalue weighted by atomic mass is 9.87. The summed E-state index contributed by atoms with van der Waals surface area (Å²) in [5.41, 5.74) is 1.22. The van der Waals surface area contributed by atoms with Crippen LogP contribution in [0.15, 0.2) is 27.6 Å². The topological polar surface area (TPSA) is 12.4 Å². The van der Waals surface area contributed by atoms with Gasteiger partial charge in [0.1, 0.15) is 0 Å². The van der Waals surface area contributed by atoms with Gasteiger partial charge in [-0.2, -0.15) is 0 Å². The summed E-state index contributed by atoms with van der Waals surface area (Å²) < 4.78 is 0. The monoisotopic (exact) mass is 192 g/mol. The van der Waals surface area contributed by atoms with Crippen LogP contribution in [0, 0.1) is 5.92 Å². The molecule has 13 heavy (non-hydrogen) atoms. The van der Waals surface area contributed by atoms with Crippen LogP contribution in [0.4, 0.5) is 0 Å². The van der Waals surface area contributed by atoms with Gasteiger partial charge in [0.05, 0.1) is 5.70 Å². The van der Waals surface area contributed by atoms with Crippen molar-refractivity contribution in [2.24, 2.45) is 4.99 Å². The van der Waals surface area contributed by atoms with E-state index in [0.29, 0.717) is 0 Å². The molecule has 0 N–H and O–H groups in total. The van der Waals surface area contributed by atoms with Crippen LogP contribution < -0.4 is 0 Å². The lowest BCUT2D eigenvalue weighted by Gasteiger charge is -2.20. The third-order valence-corrected chi connectivity index (χ3v) is 3.13. The number of allylic oxidation sites excluding steroid dienone is 2. The molecule has 2 rings (SSSR count). The quantitative estimate of drug-likeness (QED) is 0.617. The highest BCUT2D eigenvalue weighted by atomic mass is 32.2. The average molecular weight is 192 g/mol. The maximum absolute atomic E-state index is 4.44. The number of thioether (sulfide) groups is 1. The first kappa shape index (κ1) is 9.07. The molecule has 2 heteroatoms. The van der Waals surface area contributed by atoms with E-state index in [2.05, 4.69) is 15.8 Å². The fraction of sp³-hybridized carbons (Fsp3) is 0.455. The van der Waals surface area contributed by atoms with Crippen molar-refractivity contribution in [3.8, 4) is 0 Å². The van der Waals surface area contributed by atoms with Crippen molar-refractivity contribution in [3.63, 3.8) is 0 Å². The normalized spacial score (nSPS) is 24.2. The van der Waals surface area contributed by atoms with Crippen molar-refractivity contribution >= 4 is 18.0 Å². The minimum absolute atomic E-state index is 1.22. The van der Waals surface area contributed by atoms with Crippen molar-refractivity contribution in [1.29, 1.82) is 0 Å².